The third-order valence-electron chi connectivity index (χ3n) is 5.16. The summed E-state index contributed by atoms with van der Waals surface area (Å²) < 4.78 is 23.2. The molecule has 0 radical (unpaired) electrons. The highest BCUT2D eigenvalue weighted by molar-refractivity contribution is 5.92. The van der Waals surface area contributed by atoms with Crippen LogP contribution in [-0.2, 0) is 38.1 Å². The maximum atomic E-state index is 13.0. The molecule has 12 nitrogen and oxygen atoms in total. The van der Waals surface area contributed by atoms with Crippen molar-refractivity contribution >= 4 is 23.6 Å². The molecule has 0 bridgehead atoms. The molecule has 0 aliphatic carbocycles. The average molecular weight is 545 g/mol. The van der Waals surface area contributed by atoms with Crippen LogP contribution in [0.4, 0.5) is 0 Å². The highest BCUT2D eigenvalue weighted by Gasteiger charge is 2.38. The molecule has 38 heavy (non-hydrogen) atoms. The lowest BCUT2D eigenvalue weighted by Crippen LogP contribution is -2.55. The summed E-state index contributed by atoms with van der Waals surface area (Å²) in [4.78, 5) is 52.1. The van der Waals surface area contributed by atoms with Gasteiger partial charge in [0.2, 0.25) is 0 Å². The van der Waals surface area contributed by atoms with Crippen LogP contribution >= 0.6 is 0 Å². The van der Waals surface area contributed by atoms with Crippen LogP contribution in [0.15, 0.2) is 0 Å². The quantitative estimate of drug-likeness (QED) is 0.343. The van der Waals surface area contributed by atoms with E-state index in [1.165, 1.54) is 0 Å². The number of amides is 4. The van der Waals surface area contributed by atoms with Gasteiger partial charge in [-0.1, -0.05) is 0 Å². The van der Waals surface area contributed by atoms with Crippen LogP contribution in [0.2, 0.25) is 0 Å². The van der Waals surface area contributed by atoms with Gasteiger partial charge in [0.05, 0.1) is 24.4 Å². The maximum absolute atomic E-state index is 13.0. The van der Waals surface area contributed by atoms with E-state index in [0.717, 1.165) is 0 Å². The van der Waals surface area contributed by atoms with Crippen LogP contribution in [0.5, 0.6) is 0 Å². The van der Waals surface area contributed by atoms with Crippen LogP contribution in [0.25, 0.3) is 0 Å². The van der Waals surface area contributed by atoms with Crippen molar-refractivity contribution in [2.75, 3.05) is 26.2 Å². The lowest BCUT2D eigenvalue weighted by Gasteiger charge is -2.29. The minimum Gasteiger partial charge on any atom is -0.362 e. The molecule has 2 unspecified atom stereocenters. The Bertz CT molecular complexity index is 638. The highest BCUT2D eigenvalue weighted by Crippen LogP contribution is 2.13. The van der Waals surface area contributed by atoms with Crippen molar-refractivity contribution in [1.29, 1.82) is 0 Å². The molecule has 220 valence electrons. The Balaban J connectivity index is 3.15. The first-order valence-electron chi connectivity index (χ1n) is 13.6. The Morgan fingerprint density at radius 1 is 0.447 bits per heavy atom. The van der Waals surface area contributed by atoms with Gasteiger partial charge in [0.25, 0.3) is 23.6 Å². The van der Waals surface area contributed by atoms with Crippen LogP contribution in [0, 0.1) is 0 Å². The molecule has 0 saturated carbocycles. The molecule has 0 spiro atoms. The third-order valence-corrected chi connectivity index (χ3v) is 5.16. The lowest BCUT2D eigenvalue weighted by molar-refractivity contribution is -0.165. The smallest absolute Gasteiger partial charge is 0.252 e. The number of hydrogen-bond acceptors (Lipinski definition) is 8. The van der Waals surface area contributed by atoms with Crippen molar-refractivity contribution < 1.29 is 38.1 Å². The van der Waals surface area contributed by atoms with Gasteiger partial charge in [-0.05, 0) is 68.2 Å². The molecule has 4 N–H and O–H groups in total. The molecular weight excluding hydrogens is 496 g/mol. The lowest BCUT2D eigenvalue weighted by atomic mass is 10.1. The third kappa shape index (κ3) is 12.5. The number of carbonyl (C=O) groups is 4. The zero-order valence-electron chi connectivity index (χ0n) is 24.1. The standard InChI is InChI=1S/C26H48N4O8/c1-15(2)35-19-20(36-16(3)4)24(32)28-12-10-14-30-26(34)22(38-18(7)8)21(37-17(5)6)25(33)29-13-9-11-27-23(19)31/h15-22H,9-14H2,1-8H3,(H,27,31)(H,28,32)(H,29,33)(H,30,34)/t19-,20?,21?,22-/m1/s1. The molecular formula is C26H48N4O8. The van der Waals surface area contributed by atoms with Gasteiger partial charge in [0, 0.05) is 26.2 Å². The number of nitrogens with one attached hydrogen (secondary N) is 4. The summed E-state index contributed by atoms with van der Waals surface area (Å²) in [7, 11) is 0. The van der Waals surface area contributed by atoms with Gasteiger partial charge in [-0.25, -0.2) is 0 Å². The van der Waals surface area contributed by atoms with Gasteiger partial charge in [0.1, 0.15) is 0 Å². The Hall–Kier alpha value is -2.28. The highest BCUT2D eigenvalue weighted by atomic mass is 16.6. The summed E-state index contributed by atoms with van der Waals surface area (Å²) in [5, 5.41) is 11.1. The molecule has 0 aromatic carbocycles. The van der Waals surface area contributed by atoms with Gasteiger partial charge >= 0.3 is 0 Å². The topological polar surface area (TPSA) is 153 Å². The Morgan fingerprint density at radius 2 is 0.632 bits per heavy atom. The van der Waals surface area contributed by atoms with E-state index in [-0.39, 0.29) is 50.6 Å². The second-order valence-electron chi connectivity index (χ2n) is 10.3. The molecule has 0 aromatic rings. The zero-order chi connectivity index (χ0) is 28.8. The van der Waals surface area contributed by atoms with E-state index >= 15 is 0 Å². The van der Waals surface area contributed by atoms with E-state index in [9.17, 15) is 19.2 Å². The fraction of sp³-hybridized carbons (Fsp3) is 0.846. The van der Waals surface area contributed by atoms with Crippen molar-refractivity contribution in [3.63, 3.8) is 0 Å². The molecule has 1 fully saturated rings. The Labute approximate surface area is 226 Å². The van der Waals surface area contributed by atoms with E-state index in [1.807, 2.05) is 0 Å². The zero-order valence-corrected chi connectivity index (χ0v) is 24.1. The first-order valence-corrected chi connectivity index (χ1v) is 13.6. The summed E-state index contributed by atoms with van der Waals surface area (Å²) in [6, 6.07) is 0. The fourth-order valence-corrected chi connectivity index (χ4v) is 3.68. The van der Waals surface area contributed by atoms with Crippen LogP contribution < -0.4 is 21.3 Å². The molecule has 1 rings (SSSR count). The first-order chi connectivity index (χ1) is 17.8. The van der Waals surface area contributed by atoms with Gasteiger partial charge in [-0.3, -0.25) is 19.2 Å². The largest absolute Gasteiger partial charge is 0.362 e. The predicted molar refractivity (Wildman–Crippen MR) is 141 cm³/mol. The number of rotatable bonds is 8. The minimum absolute atomic E-state index is 0.217. The summed E-state index contributed by atoms with van der Waals surface area (Å²) in [5.41, 5.74) is 0. The van der Waals surface area contributed by atoms with Crippen molar-refractivity contribution in [1.82, 2.24) is 21.3 Å². The molecule has 1 saturated heterocycles. The normalized spacial score (nSPS) is 25.6. The van der Waals surface area contributed by atoms with Crippen molar-refractivity contribution in [3.8, 4) is 0 Å². The van der Waals surface area contributed by atoms with E-state index in [2.05, 4.69) is 21.3 Å². The second-order valence-corrected chi connectivity index (χ2v) is 10.3. The molecule has 4 amide bonds. The van der Waals surface area contributed by atoms with E-state index in [1.54, 1.807) is 55.4 Å². The second kappa shape index (κ2) is 17.3. The van der Waals surface area contributed by atoms with Crippen LogP contribution in [0.3, 0.4) is 0 Å². The number of ether oxygens (including phenoxy) is 4. The molecule has 1 aliphatic heterocycles. The molecule has 1 aliphatic rings. The van der Waals surface area contributed by atoms with Crippen LogP contribution in [0.1, 0.15) is 68.2 Å². The Kier molecular flexibility index (Phi) is 15.4. The Morgan fingerprint density at radius 3 is 0.789 bits per heavy atom. The number of hydrogen-bond donors (Lipinski definition) is 4. The van der Waals surface area contributed by atoms with E-state index in [4.69, 9.17) is 18.9 Å². The monoisotopic (exact) mass is 544 g/mol. The molecule has 12 heteroatoms. The summed E-state index contributed by atoms with van der Waals surface area (Å²) in [6.45, 7) is 15.0. The van der Waals surface area contributed by atoms with E-state index in [0.29, 0.717) is 12.8 Å². The van der Waals surface area contributed by atoms with Gasteiger partial charge < -0.3 is 40.2 Å². The van der Waals surface area contributed by atoms with Gasteiger partial charge in [0.15, 0.2) is 24.4 Å². The molecule has 4 atom stereocenters. The van der Waals surface area contributed by atoms with Gasteiger partial charge in [-0.15, -0.1) is 0 Å². The summed E-state index contributed by atoms with van der Waals surface area (Å²) in [6.07, 6.45) is -5.19. The fourth-order valence-electron chi connectivity index (χ4n) is 3.68. The number of carbonyl (C=O) groups excluding carboxylic acids is 4. The molecule has 1 heterocycles. The average Bonchev–Trinajstić information content (AvgIpc) is 2.81. The van der Waals surface area contributed by atoms with Crippen molar-refractivity contribution in [2.45, 2.75) is 117 Å². The SMILES string of the molecule is CC(C)OC1C(=O)NCCCNC(=O)[C@H](OC(C)C)C(OC(C)C)C(=O)NCCCNC(=O)[C@@H]1OC(C)C. The maximum Gasteiger partial charge on any atom is 0.252 e. The van der Waals surface area contributed by atoms with Gasteiger partial charge in [-0.2, -0.15) is 0 Å². The van der Waals surface area contributed by atoms with Crippen molar-refractivity contribution in [2.24, 2.45) is 0 Å². The first kappa shape index (κ1) is 33.7. The summed E-state index contributed by atoms with van der Waals surface area (Å²) >= 11 is 0. The van der Waals surface area contributed by atoms with Crippen molar-refractivity contribution in [3.05, 3.63) is 0 Å². The van der Waals surface area contributed by atoms with E-state index < -0.39 is 48.0 Å². The summed E-state index contributed by atoms with van der Waals surface area (Å²) in [5.74, 6) is -1.92. The minimum atomic E-state index is -1.16. The van der Waals surface area contributed by atoms with Crippen LogP contribution in [-0.4, -0.2) is 98.6 Å². The molecule has 0 aromatic heterocycles. The predicted octanol–water partition coefficient (Wildman–Crippen LogP) is 0.419.